The first-order valence-corrected chi connectivity index (χ1v) is 6.14. The maximum atomic E-state index is 11.7. The predicted molar refractivity (Wildman–Crippen MR) is 73.9 cm³/mol. The minimum Gasteiger partial charge on any atom is -0.493 e. The first-order chi connectivity index (χ1) is 9.57. The zero-order chi connectivity index (χ0) is 15.1. The fourth-order valence-corrected chi connectivity index (χ4v) is 1.97. The number of nitrogens with two attached hydrogens (primary N) is 1. The Bertz CT molecular complexity index is 445. The molecule has 0 aliphatic heterocycles. The molecule has 112 valence electrons. The van der Waals surface area contributed by atoms with Crippen LogP contribution in [-0.4, -0.2) is 40.6 Å². The molecule has 1 amide bonds. The smallest absolute Gasteiger partial charge is 0.225 e. The third kappa shape index (κ3) is 3.85. The van der Waals surface area contributed by atoms with Crippen molar-refractivity contribution >= 4 is 5.91 Å². The van der Waals surface area contributed by atoms with Crippen LogP contribution in [0.15, 0.2) is 18.2 Å². The molecule has 1 unspecified atom stereocenters. The van der Waals surface area contributed by atoms with Crippen LogP contribution in [0.4, 0.5) is 0 Å². The molecule has 2 N–H and O–H groups in total. The first-order valence-electron chi connectivity index (χ1n) is 6.14. The molecule has 0 aromatic heterocycles. The lowest BCUT2D eigenvalue weighted by Gasteiger charge is -2.20. The monoisotopic (exact) mass is 283 g/mol. The second kappa shape index (κ2) is 7.72. The topological polar surface area (TPSA) is 80.0 Å². The maximum absolute atomic E-state index is 11.7. The third-order valence-corrected chi connectivity index (χ3v) is 3.11. The Kier molecular flexibility index (Phi) is 6.27. The van der Waals surface area contributed by atoms with Crippen molar-refractivity contribution in [3.05, 3.63) is 23.8 Å². The molecule has 1 aromatic rings. The fourth-order valence-electron chi connectivity index (χ4n) is 1.97. The molecule has 0 aliphatic carbocycles. The minimum atomic E-state index is -0.528. The van der Waals surface area contributed by atoms with Crippen LogP contribution in [0.3, 0.4) is 0 Å². The normalized spacial score (nSPS) is 12.2. The lowest BCUT2D eigenvalue weighted by molar-refractivity contribution is -0.129. The van der Waals surface area contributed by atoms with Gasteiger partial charge in [0.2, 0.25) is 5.91 Å². The van der Waals surface area contributed by atoms with Gasteiger partial charge in [-0.2, -0.15) is 0 Å². The highest BCUT2D eigenvalue weighted by Crippen LogP contribution is 2.32. The van der Waals surface area contributed by atoms with Gasteiger partial charge < -0.3 is 24.7 Å². The average molecular weight is 283 g/mol. The van der Waals surface area contributed by atoms with Gasteiger partial charge in [0.25, 0.3) is 0 Å². The van der Waals surface area contributed by atoms with E-state index in [9.17, 15) is 4.79 Å². The number of amides is 1. The van der Waals surface area contributed by atoms with Gasteiger partial charge in [-0.1, -0.05) is 6.07 Å². The van der Waals surface area contributed by atoms with Crippen LogP contribution < -0.4 is 15.2 Å². The van der Waals surface area contributed by atoms with Crippen molar-refractivity contribution in [1.29, 1.82) is 0 Å². The zero-order valence-corrected chi connectivity index (χ0v) is 12.2. The van der Waals surface area contributed by atoms with Crippen LogP contribution in [0.1, 0.15) is 17.9 Å². The minimum absolute atomic E-state index is 0.331. The Balaban J connectivity index is 3.06. The summed E-state index contributed by atoms with van der Waals surface area (Å²) in [4.78, 5) is 11.7. The van der Waals surface area contributed by atoms with Gasteiger partial charge in [0.1, 0.15) is 0 Å². The molecule has 0 aliphatic rings. The van der Waals surface area contributed by atoms with E-state index in [0.717, 1.165) is 5.56 Å². The number of rotatable bonds is 8. The Hall–Kier alpha value is -1.79. The van der Waals surface area contributed by atoms with Gasteiger partial charge in [-0.15, -0.1) is 0 Å². The number of carbonyl (C=O) groups is 1. The summed E-state index contributed by atoms with van der Waals surface area (Å²) < 4.78 is 20.6. The molecule has 0 saturated heterocycles. The van der Waals surface area contributed by atoms with E-state index >= 15 is 0 Å². The Labute approximate surface area is 118 Å². The molecule has 20 heavy (non-hydrogen) atoms. The van der Waals surface area contributed by atoms with E-state index in [4.69, 9.17) is 24.7 Å². The Morgan fingerprint density at radius 3 is 2.15 bits per heavy atom. The number of ether oxygens (including phenoxy) is 4. The highest BCUT2D eigenvalue weighted by Gasteiger charge is 2.24. The molecule has 1 atom stereocenters. The van der Waals surface area contributed by atoms with E-state index in [0.29, 0.717) is 17.9 Å². The summed E-state index contributed by atoms with van der Waals surface area (Å²) in [7, 11) is 6.12. The van der Waals surface area contributed by atoms with Crippen molar-refractivity contribution in [2.75, 3.05) is 28.4 Å². The molecular formula is C14H21NO5. The van der Waals surface area contributed by atoms with Crippen LogP contribution in [0.2, 0.25) is 0 Å². The molecule has 1 rings (SSSR count). The Morgan fingerprint density at radius 1 is 1.10 bits per heavy atom. The van der Waals surface area contributed by atoms with Gasteiger partial charge in [-0.05, 0) is 17.7 Å². The standard InChI is InChI=1S/C14H21NO5/c1-17-11-6-5-9(7-12(11)18-2)10(14(15)16)8-13(19-3)20-4/h5-7,10,13H,8H2,1-4H3,(H2,15,16). The van der Waals surface area contributed by atoms with Crippen LogP contribution in [-0.2, 0) is 14.3 Å². The van der Waals surface area contributed by atoms with Crippen molar-refractivity contribution < 1.29 is 23.7 Å². The quantitative estimate of drug-likeness (QED) is 0.727. The van der Waals surface area contributed by atoms with Crippen LogP contribution in [0, 0.1) is 0 Å². The molecule has 6 heteroatoms. The van der Waals surface area contributed by atoms with Crippen LogP contribution >= 0.6 is 0 Å². The summed E-state index contributed by atoms with van der Waals surface area (Å²) >= 11 is 0. The maximum Gasteiger partial charge on any atom is 0.225 e. The first kappa shape index (κ1) is 16.3. The lowest BCUT2D eigenvalue weighted by atomic mass is 9.94. The third-order valence-electron chi connectivity index (χ3n) is 3.11. The summed E-state index contributed by atoms with van der Waals surface area (Å²) in [6.45, 7) is 0. The van der Waals surface area contributed by atoms with Crippen molar-refractivity contribution in [2.45, 2.75) is 18.6 Å². The number of carbonyl (C=O) groups excluding carboxylic acids is 1. The largest absolute Gasteiger partial charge is 0.493 e. The molecule has 0 saturated carbocycles. The van der Waals surface area contributed by atoms with Gasteiger partial charge in [0, 0.05) is 20.6 Å². The average Bonchev–Trinajstić information content (AvgIpc) is 2.47. The molecule has 6 nitrogen and oxygen atoms in total. The zero-order valence-electron chi connectivity index (χ0n) is 12.2. The fraction of sp³-hybridized carbons (Fsp3) is 0.500. The van der Waals surface area contributed by atoms with Crippen molar-refractivity contribution in [1.82, 2.24) is 0 Å². The Morgan fingerprint density at radius 2 is 1.70 bits per heavy atom. The van der Waals surface area contributed by atoms with Gasteiger partial charge >= 0.3 is 0 Å². The van der Waals surface area contributed by atoms with Gasteiger partial charge in [0.15, 0.2) is 17.8 Å². The van der Waals surface area contributed by atoms with E-state index in [-0.39, 0.29) is 0 Å². The second-order valence-corrected chi connectivity index (χ2v) is 4.21. The number of primary amides is 1. The molecule has 1 aromatic carbocycles. The van der Waals surface area contributed by atoms with E-state index < -0.39 is 18.1 Å². The molecule has 0 heterocycles. The van der Waals surface area contributed by atoms with Gasteiger partial charge in [-0.3, -0.25) is 4.79 Å². The summed E-state index contributed by atoms with van der Waals surface area (Å²) in [5.41, 5.74) is 6.20. The molecule has 0 bridgehead atoms. The highest BCUT2D eigenvalue weighted by atomic mass is 16.7. The highest BCUT2D eigenvalue weighted by molar-refractivity contribution is 5.82. The summed E-state index contributed by atoms with van der Waals surface area (Å²) in [6, 6.07) is 5.24. The van der Waals surface area contributed by atoms with Crippen LogP contribution in [0.5, 0.6) is 11.5 Å². The van der Waals surface area contributed by atoms with Gasteiger partial charge in [-0.25, -0.2) is 0 Å². The number of hydrogen-bond donors (Lipinski definition) is 1. The number of hydrogen-bond acceptors (Lipinski definition) is 5. The molecule has 0 spiro atoms. The lowest BCUT2D eigenvalue weighted by Crippen LogP contribution is -2.27. The number of benzene rings is 1. The van der Waals surface area contributed by atoms with E-state index in [2.05, 4.69) is 0 Å². The van der Waals surface area contributed by atoms with E-state index in [1.807, 2.05) is 0 Å². The summed E-state index contributed by atoms with van der Waals surface area (Å²) in [6.07, 6.45) is -0.168. The van der Waals surface area contributed by atoms with Crippen molar-refractivity contribution in [3.8, 4) is 11.5 Å². The molecule has 0 radical (unpaired) electrons. The van der Waals surface area contributed by atoms with Gasteiger partial charge in [0.05, 0.1) is 20.1 Å². The van der Waals surface area contributed by atoms with Crippen molar-refractivity contribution in [2.24, 2.45) is 5.73 Å². The van der Waals surface area contributed by atoms with Crippen molar-refractivity contribution in [3.63, 3.8) is 0 Å². The second-order valence-electron chi connectivity index (χ2n) is 4.21. The SMILES string of the molecule is COc1ccc(C(CC(OC)OC)C(N)=O)cc1OC. The predicted octanol–water partition coefficient (Wildman–Crippen LogP) is 1.28. The van der Waals surface area contributed by atoms with E-state index in [1.165, 1.54) is 21.3 Å². The molecular weight excluding hydrogens is 262 g/mol. The van der Waals surface area contributed by atoms with Crippen LogP contribution in [0.25, 0.3) is 0 Å². The summed E-state index contributed by atoms with van der Waals surface area (Å²) in [5.74, 6) is 0.160. The number of methoxy groups -OCH3 is 4. The van der Waals surface area contributed by atoms with E-state index in [1.54, 1.807) is 25.3 Å². The summed E-state index contributed by atoms with van der Waals surface area (Å²) in [5, 5.41) is 0. The molecule has 0 fully saturated rings.